The van der Waals surface area contributed by atoms with Crippen LogP contribution in [0.25, 0.3) is 0 Å². The van der Waals surface area contributed by atoms with E-state index < -0.39 is 19.7 Å². The first-order chi connectivity index (χ1) is 12.5. The van der Waals surface area contributed by atoms with Gasteiger partial charge in [-0.25, -0.2) is 9.78 Å². The molecule has 6 atom stereocenters. The summed E-state index contributed by atoms with van der Waals surface area (Å²) in [6, 6.07) is 0. The van der Waals surface area contributed by atoms with E-state index in [0.717, 1.165) is 32.3 Å². The van der Waals surface area contributed by atoms with Crippen LogP contribution in [0, 0.1) is 17.8 Å². The maximum Gasteiger partial charge on any atom is 0.204 e. The predicted molar refractivity (Wildman–Crippen MR) is 108 cm³/mol. The second-order valence-corrected chi connectivity index (χ2v) is 15.4. The van der Waals surface area contributed by atoms with Crippen LogP contribution in [0.4, 0.5) is 0 Å². The molecule has 27 heavy (non-hydrogen) atoms. The van der Waals surface area contributed by atoms with Crippen LogP contribution >= 0.6 is 0 Å². The third-order valence-corrected chi connectivity index (χ3v) is 12.5. The van der Waals surface area contributed by atoms with Crippen LogP contribution in [0.3, 0.4) is 0 Å². The molecule has 6 heteroatoms. The zero-order valence-electron chi connectivity index (χ0n) is 18.6. The van der Waals surface area contributed by atoms with Crippen LogP contribution in [-0.2, 0) is 23.7 Å². The van der Waals surface area contributed by atoms with Crippen molar-refractivity contribution in [2.24, 2.45) is 17.8 Å². The minimum absolute atomic E-state index is 0.225. The van der Waals surface area contributed by atoms with Gasteiger partial charge in [-0.3, -0.25) is 0 Å². The maximum absolute atomic E-state index is 6.48. The van der Waals surface area contributed by atoms with Crippen molar-refractivity contribution in [2.75, 3.05) is 13.7 Å². The fourth-order valence-electron chi connectivity index (χ4n) is 4.85. The molecule has 1 saturated carbocycles. The Morgan fingerprint density at radius 2 is 1.85 bits per heavy atom. The number of methoxy groups -OCH3 is 1. The van der Waals surface area contributed by atoms with E-state index in [1.165, 1.54) is 6.42 Å². The number of rotatable bonds is 5. The molecular formula is C21H40O5Si. The molecule has 0 N–H and O–H groups in total. The highest BCUT2D eigenvalue weighted by atomic mass is 28.4. The average Bonchev–Trinajstić information content (AvgIpc) is 2.74. The minimum atomic E-state index is -1.75. The van der Waals surface area contributed by atoms with Crippen LogP contribution in [0.15, 0.2) is 0 Å². The average molecular weight is 401 g/mol. The number of hydrogen-bond acceptors (Lipinski definition) is 5. The molecule has 4 aliphatic rings. The standard InChI is InChI=1S/C21H40O5Si/c1-15-14-17-11-9-10-16(12-13-23-27(7,8)19(2,3)4)21(17)18(22-6)24-20(15,5)25-26-21/h15-18H,9-14H2,1-8H3/t15-,16-,17+,18-,20+,21-/m0/s1. The Kier molecular flexibility index (Phi) is 5.93. The summed E-state index contributed by atoms with van der Waals surface area (Å²) in [7, 11) is -0.0219. The van der Waals surface area contributed by atoms with Crippen molar-refractivity contribution in [3.8, 4) is 0 Å². The van der Waals surface area contributed by atoms with Gasteiger partial charge in [0.05, 0.1) is 0 Å². The van der Waals surface area contributed by atoms with Gasteiger partial charge in [-0.2, -0.15) is 0 Å². The van der Waals surface area contributed by atoms with Crippen molar-refractivity contribution in [1.82, 2.24) is 0 Å². The van der Waals surface area contributed by atoms with E-state index in [2.05, 4.69) is 40.8 Å². The monoisotopic (exact) mass is 400 g/mol. The fraction of sp³-hybridized carbons (Fsp3) is 1.00. The molecule has 3 aliphatic heterocycles. The van der Waals surface area contributed by atoms with E-state index in [0.29, 0.717) is 11.8 Å². The lowest BCUT2D eigenvalue weighted by atomic mass is 9.65. The van der Waals surface area contributed by atoms with E-state index >= 15 is 0 Å². The normalized spacial score (nSPS) is 42.7. The smallest absolute Gasteiger partial charge is 0.204 e. The molecule has 1 aliphatic carbocycles. The van der Waals surface area contributed by atoms with Gasteiger partial charge in [-0.15, -0.1) is 0 Å². The van der Waals surface area contributed by atoms with Gasteiger partial charge in [-0.1, -0.05) is 34.1 Å². The molecule has 0 radical (unpaired) electrons. The molecule has 0 aromatic heterocycles. The largest absolute Gasteiger partial charge is 0.417 e. The van der Waals surface area contributed by atoms with Crippen molar-refractivity contribution in [2.45, 2.75) is 103 Å². The van der Waals surface area contributed by atoms with E-state index in [4.69, 9.17) is 23.7 Å². The summed E-state index contributed by atoms with van der Waals surface area (Å²) in [6.07, 6.45) is 5.10. The van der Waals surface area contributed by atoms with Gasteiger partial charge in [0.1, 0.15) is 0 Å². The summed E-state index contributed by atoms with van der Waals surface area (Å²) >= 11 is 0. The summed E-state index contributed by atoms with van der Waals surface area (Å²) in [5.74, 6) is 0.256. The quantitative estimate of drug-likeness (QED) is 0.465. The minimum Gasteiger partial charge on any atom is -0.417 e. The molecular weight excluding hydrogens is 360 g/mol. The van der Waals surface area contributed by atoms with Crippen LogP contribution in [0.1, 0.15) is 66.7 Å². The first-order valence-corrected chi connectivity index (χ1v) is 13.6. The first-order valence-electron chi connectivity index (χ1n) is 10.7. The molecule has 3 saturated heterocycles. The van der Waals surface area contributed by atoms with Gasteiger partial charge >= 0.3 is 0 Å². The zero-order valence-corrected chi connectivity index (χ0v) is 19.6. The van der Waals surface area contributed by atoms with Crippen molar-refractivity contribution in [3.05, 3.63) is 0 Å². The molecule has 158 valence electrons. The molecule has 0 amide bonds. The third-order valence-electron chi connectivity index (χ3n) is 7.92. The lowest BCUT2D eigenvalue weighted by molar-refractivity contribution is -0.560. The van der Waals surface area contributed by atoms with Crippen molar-refractivity contribution in [3.63, 3.8) is 0 Å². The number of hydrogen-bond donors (Lipinski definition) is 0. The van der Waals surface area contributed by atoms with Gasteiger partial charge in [-0.05, 0) is 62.6 Å². The fourth-order valence-corrected chi connectivity index (χ4v) is 5.91. The molecule has 2 bridgehead atoms. The van der Waals surface area contributed by atoms with Crippen molar-refractivity contribution >= 4 is 8.32 Å². The molecule has 0 aromatic carbocycles. The summed E-state index contributed by atoms with van der Waals surface area (Å²) in [5, 5.41) is 0.225. The second-order valence-electron chi connectivity index (χ2n) is 10.6. The lowest BCUT2D eigenvalue weighted by Gasteiger charge is -2.53. The topological polar surface area (TPSA) is 46.2 Å². The van der Waals surface area contributed by atoms with Crippen molar-refractivity contribution in [1.29, 1.82) is 0 Å². The van der Waals surface area contributed by atoms with Crippen LogP contribution < -0.4 is 0 Å². The van der Waals surface area contributed by atoms with Crippen LogP contribution in [-0.4, -0.2) is 39.7 Å². The summed E-state index contributed by atoms with van der Waals surface area (Å²) in [4.78, 5) is 12.1. The number of fused-ring (bicyclic) bond motifs is 3. The van der Waals surface area contributed by atoms with Gasteiger partial charge in [0.25, 0.3) is 0 Å². The SMILES string of the molecule is CO[C@H]1O[C@]2(C)OO[C@]13[C@H](CCO[Si](C)(C)C(C)(C)C)CCC[C@@H]3C[C@@H]2C. The Labute approximate surface area is 166 Å². The Hall–Kier alpha value is 0.0169. The molecule has 4 fully saturated rings. The van der Waals surface area contributed by atoms with Gasteiger partial charge in [0.15, 0.2) is 20.2 Å². The first kappa shape index (κ1) is 21.7. The Morgan fingerprint density at radius 3 is 2.48 bits per heavy atom. The number of ether oxygens (including phenoxy) is 2. The van der Waals surface area contributed by atoms with Crippen LogP contribution in [0.2, 0.25) is 18.1 Å². The van der Waals surface area contributed by atoms with E-state index in [-0.39, 0.29) is 17.2 Å². The van der Waals surface area contributed by atoms with E-state index in [1.54, 1.807) is 7.11 Å². The summed E-state index contributed by atoms with van der Waals surface area (Å²) < 4.78 is 18.7. The predicted octanol–water partition coefficient (Wildman–Crippen LogP) is 5.26. The highest BCUT2D eigenvalue weighted by Gasteiger charge is 2.65. The molecule has 1 spiro atoms. The Bertz CT molecular complexity index is 529. The van der Waals surface area contributed by atoms with E-state index in [1.807, 2.05) is 6.92 Å². The summed E-state index contributed by atoms with van der Waals surface area (Å²) in [5.41, 5.74) is -0.520. The van der Waals surface area contributed by atoms with Crippen LogP contribution in [0.5, 0.6) is 0 Å². The molecule has 4 rings (SSSR count). The lowest BCUT2D eigenvalue weighted by Crippen LogP contribution is -2.63. The molecule has 3 heterocycles. The van der Waals surface area contributed by atoms with Crippen molar-refractivity contribution < 1.29 is 23.7 Å². The highest BCUT2D eigenvalue weighted by Crippen LogP contribution is 2.56. The second kappa shape index (κ2) is 7.37. The Morgan fingerprint density at radius 1 is 1.15 bits per heavy atom. The van der Waals surface area contributed by atoms with E-state index in [9.17, 15) is 0 Å². The molecule has 0 aromatic rings. The third kappa shape index (κ3) is 3.66. The highest BCUT2D eigenvalue weighted by molar-refractivity contribution is 6.74. The summed E-state index contributed by atoms with van der Waals surface area (Å²) in [6.45, 7) is 16.4. The Balaban J connectivity index is 1.78. The van der Waals surface area contributed by atoms with Gasteiger partial charge < -0.3 is 13.9 Å². The van der Waals surface area contributed by atoms with Gasteiger partial charge in [0.2, 0.25) is 5.79 Å². The maximum atomic E-state index is 6.48. The van der Waals surface area contributed by atoms with Gasteiger partial charge in [0, 0.05) is 19.6 Å². The molecule has 0 unspecified atom stereocenters. The molecule has 5 nitrogen and oxygen atoms in total. The zero-order chi connectivity index (χ0) is 20.1.